The third kappa shape index (κ3) is 4.78. The molecule has 24 heavy (non-hydrogen) atoms. The van der Waals surface area contributed by atoms with Gasteiger partial charge in [0.1, 0.15) is 6.61 Å². The Morgan fingerprint density at radius 1 is 0.792 bits per heavy atom. The van der Waals surface area contributed by atoms with Gasteiger partial charge in [0.2, 0.25) is 0 Å². The summed E-state index contributed by atoms with van der Waals surface area (Å²) in [4.78, 5) is 0. The van der Waals surface area contributed by atoms with Crippen LogP contribution in [0.15, 0.2) is 37.1 Å². The lowest BCUT2D eigenvalue weighted by molar-refractivity contribution is 0.273. The Labute approximate surface area is 164 Å². The molecule has 3 rings (SSSR count). The Bertz CT molecular complexity index is 637. The summed E-state index contributed by atoms with van der Waals surface area (Å²) in [5, 5.41) is 1.56. The maximum Gasteiger partial charge on any atom is 0.171 e. The SMILES string of the molecule is C=COCCCl.Clc1cc2c(cc1Cl)Oc1cc(Cl)c(Cl)cc1O2. The van der Waals surface area contributed by atoms with Gasteiger partial charge in [0.25, 0.3) is 0 Å². The Kier molecular flexibility index (Phi) is 7.20. The minimum Gasteiger partial charge on any atom is -0.501 e. The molecule has 1 aliphatic rings. The number of fused-ring (bicyclic) bond motifs is 2. The van der Waals surface area contributed by atoms with Gasteiger partial charge in [-0.2, -0.15) is 0 Å². The lowest BCUT2D eigenvalue weighted by Crippen LogP contribution is -1.99. The fourth-order valence-corrected chi connectivity index (χ4v) is 2.41. The largest absolute Gasteiger partial charge is 0.501 e. The van der Waals surface area contributed by atoms with E-state index in [9.17, 15) is 0 Å². The van der Waals surface area contributed by atoms with Crippen molar-refractivity contribution in [1.82, 2.24) is 0 Å². The van der Waals surface area contributed by atoms with E-state index in [1.807, 2.05) is 0 Å². The lowest BCUT2D eigenvalue weighted by Gasteiger charge is -2.21. The molecule has 1 heterocycles. The quantitative estimate of drug-likeness (QED) is 0.244. The normalized spacial score (nSPS) is 11.0. The molecule has 0 fully saturated rings. The van der Waals surface area contributed by atoms with Crippen LogP contribution in [0.2, 0.25) is 20.1 Å². The first-order chi connectivity index (χ1) is 11.5. The van der Waals surface area contributed by atoms with Gasteiger partial charge in [-0.25, -0.2) is 0 Å². The zero-order valence-corrected chi connectivity index (χ0v) is 15.9. The molecular formula is C16H11Cl5O3. The van der Waals surface area contributed by atoms with E-state index in [-0.39, 0.29) is 0 Å². The minimum absolute atomic E-state index is 0.391. The predicted octanol–water partition coefficient (Wildman–Crippen LogP) is 7.58. The molecule has 0 aromatic heterocycles. The summed E-state index contributed by atoms with van der Waals surface area (Å²) in [5.41, 5.74) is 0. The van der Waals surface area contributed by atoms with Gasteiger partial charge in [-0.3, -0.25) is 0 Å². The maximum absolute atomic E-state index is 5.91. The fraction of sp³-hybridized carbons (Fsp3) is 0.125. The van der Waals surface area contributed by atoms with Crippen LogP contribution in [-0.4, -0.2) is 12.5 Å². The van der Waals surface area contributed by atoms with E-state index in [1.54, 1.807) is 24.3 Å². The van der Waals surface area contributed by atoms with E-state index in [1.165, 1.54) is 6.26 Å². The second-order valence-corrected chi connectivity index (χ2v) is 6.36. The van der Waals surface area contributed by atoms with Crippen LogP contribution in [0.25, 0.3) is 0 Å². The molecule has 0 unspecified atom stereocenters. The van der Waals surface area contributed by atoms with Crippen molar-refractivity contribution in [3.8, 4) is 23.0 Å². The highest BCUT2D eigenvalue weighted by Gasteiger charge is 2.21. The van der Waals surface area contributed by atoms with Crippen LogP contribution in [0.4, 0.5) is 0 Å². The highest BCUT2D eigenvalue weighted by molar-refractivity contribution is 6.42. The number of hydrogen-bond acceptors (Lipinski definition) is 3. The fourth-order valence-electron chi connectivity index (χ4n) is 1.70. The predicted molar refractivity (Wildman–Crippen MR) is 99.9 cm³/mol. The van der Waals surface area contributed by atoms with Gasteiger partial charge < -0.3 is 14.2 Å². The first kappa shape index (κ1) is 19.4. The lowest BCUT2D eigenvalue weighted by atomic mass is 10.2. The molecule has 0 spiro atoms. The average molecular weight is 429 g/mol. The molecule has 0 saturated carbocycles. The standard InChI is InChI=1S/C12H4Cl4O2.C4H7ClO/c13-5-1-9-10(2-6(5)14)18-12-4-8(16)7(15)3-11(12)17-9;1-2-6-4-3-5/h1-4H;2H,1,3-4H2. The summed E-state index contributed by atoms with van der Waals surface area (Å²) in [7, 11) is 0. The molecule has 0 aliphatic carbocycles. The number of alkyl halides is 1. The molecule has 0 N–H and O–H groups in total. The van der Waals surface area contributed by atoms with Gasteiger partial charge >= 0.3 is 0 Å². The molecule has 3 nitrogen and oxygen atoms in total. The molecule has 128 valence electrons. The molecule has 0 radical (unpaired) electrons. The van der Waals surface area contributed by atoms with Gasteiger partial charge in [-0.15, -0.1) is 11.6 Å². The molecule has 2 aromatic rings. The number of rotatable bonds is 3. The molecule has 8 heteroatoms. The highest BCUT2D eigenvalue weighted by atomic mass is 35.5. The van der Waals surface area contributed by atoms with Crippen molar-refractivity contribution in [3.05, 3.63) is 57.2 Å². The van der Waals surface area contributed by atoms with E-state index in [2.05, 4.69) is 11.3 Å². The van der Waals surface area contributed by atoms with Crippen LogP contribution in [-0.2, 0) is 4.74 Å². The van der Waals surface area contributed by atoms with Crippen molar-refractivity contribution in [1.29, 1.82) is 0 Å². The number of hydrogen-bond donors (Lipinski definition) is 0. The molecular weight excluding hydrogens is 417 g/mol. The number of benzene rings is 2. The summed E-state index contributed by atoms with van der Waals surface area (Å²) >= 11 is 28.9. The zero-order chi connectivity index (χ0) is 17.7. The molecule has 0 amide bonds. The van der Waals surface area contributed by atoms with Gasteiger partial charge in [0, 0.05) is 24.3 Å². The van der Waals surface area contributed by atoms with Crippen LogP contribution in [0, 0.1) is 0 Å². The summed E-state index contributed by atoms with van der Waals surface area (Å²) in [6.07, 6.45) is 1.38. The summed E-state index contributed by atoms with van der Waals surface area (Å²) < 4.78 is 15.9. The second-order valence-electron chi connectivity index (χ2n) is 4.36. The summed E-state index contributed by atoms with van der Waals surface area (Å²) in [5.74, 6) is 2.46. The van der Waals surface area contributed by atoms with Crippen molar-refractivity contribution in [2.75, 3.05) is 12.5 Å². The Morgan fingerprint density at radius 2 is 1.12 bits per heavy atom. The van der Waals surface area contributed by atoms with Crippen molar-refractivity contribution in [3.63, 3.8) is 0 Å². The smallest absolute Gasteiger partial charge is 0.171 e. The van der Waals surface area contributed by atoms with Crippen LogP contribution in [0.1, 0.15) is 0 Å². The van der Waals surface area contributed by atoms with Crippen LogP contribution >= 0.6 is 58.0 Å². The van der Waals surface area contributed by atoms with Crippen LogP contribution < -0.4 is 9.47 Å². The van der Waals surface area contributed by atoms with Crippen LogP contribution in [0.3, 0.4) is 0 Å². The first-order valence-electron chi connectivity index (χ1n) is 6.58. The van der Waals surface area contributed by atoms with Crippen LogP contribution in [0.5, 0.6) is 23.0 Å². The summed E-state index contributed by atoms with van der Waals surface area (Å²) in [6, 6.07) is 6.35. The van der Waals surface area contributed by atoms with Crippen molar-refractivity contribution in [2.24, 2.45) is 0 Å². The number of ether oxygens (including phenoxy) is 3. The zero-order valence-electron chi connectivity index (χ0n) is 12.1. The average Bonchev–Trinajstić information content (AvgIpc) is 2.55. The van der Waals surface area contributed by atoms with Gasteiger partial charge in [0.05, 0.1) is 32.2 Å². The van der Waals surface area contributed by atoms with E-state index < -0.39 is 0 Å². The van der Waals surface area contributed by atoms with Gasteiger partial charge in [-0.1, -0.05) is 53.0 Å². The summed E-state index contributed by atoms with van der Waals surface area (Å²) in [6.45, 7) is 3.88. The van der Waals surface area contributed by atoms with E-state index in [0.29, 0.717) is 55.6 Å². The first-order valence-corrected chi connectivity index (χ1v) is 8.63. The molecule has 1 aliphatic heterocycles. The van der Waals surface area contributed by atoms with Crippen molar-refractivity contribution >= 4 is 58.0 Å². The Hall–Kier alpha value is -0.970. The maximum atomic E-state index is 5.91. The molecule has 0 saturated heterocycles. The topological polar surface area (TPSA) is 27.7 Å². The van der Waals surface area contributed by atoms with Gasteiger partial charge in [-0.05, 0) is 0 Å². The van der Waals surface area contributed by atoms with E-state index in [0.717, 1.165) is 0 Å². The highest BCUT2D eigenvalue weighted by Crippen LogP contribution is 2.49. The molecule has 2 aromatic carbocycles. The van der Waals surface area contributed by atoms with Crippen molar-refractivity contribution in [2.45, 2.75) is 0 Å². The second kappa shape index (κ2) is 8.93. The van der Waals surface area contributed by atoms with E-state index in [4.69, 9.17) is 67.5 Å². The third-order valence-corrected chi connectivity index (χ3v) is 4.32. The number of halogens is 5. The third-order valence-electron chi connectivity index (χ3n) is 2.73. The molecule has 0 bridgehead atoms. The Balaban J connectivity index is 0.000000301. The Morgan fingerprint density at radius 3 is 1.33 bits per heavy atom. The van der Waals surface area contributed by atoms with Gasteiger partial charge in [0.15, 0.2) is 23.0 Å². The molecule has 0 atom stereocenters. The monoisotopic (exact) mass is 426 g/mol. The minimum atomic E-state index is 0.391. The van der Waals surface area contributed by atoms with E-state index >= 15 is 0 Å². The van der Waals surface area contributed by atoms with Crippen molar-refractivity contribution < 1.29 is 14.2 Å².